The van der Waals surface area contributed by atoms with Crippen molar-refractivity contribution in [1.29, 1.82) is 0 Å². The highest BCUT2D eigenvalue weighted by Gasteiger charge is 2.30. The number of ketones is 1. The van der Waals surface area contributed by atoms with E-state index >= 15 is 0 Å². The molecule has 1 unspecified atom stereocenters. The second-order valence-corrected chi connectivity index (χ2v) is 11.2. The van der Waals surface area contributed by atoms with Gasteiger partial charge in [0.05, 0.1) is 12.3 Å². The normalized spacial score (nSPS) is 12.3. The number of Topliss-reactive ketones (excluding diaryl/α,β-unsaturated/α-hetero) is 1. The number of aryl methyl sites for hydroxylation is 1. The molecule has 0 fully saturated rings. The minimum atomic E-state index is -0.878. The van der Waals surface area contributed by atoms with E-state index in [1.807, 2.05) is 111 Å². The van der Waals surface area contributed by atoms with E-state index in [9.17, 15) is 14.7 Å². The molecule has 40 heavy (non-hydrogen) atoms. The number of amidine groups is 1. The van der Waals surface area contributed by atoms with Crippen LogP contribution in [0.1, 0.15) is 61.5 Å². The van der Waals surface area contributed by atoms with Gasteiger partial charge in [0.25, 0.3) is 0 Å². The molecule has 0 aliphatic rings. The first-order valence-corrected chi connectivity index (χ1v) is 14.8. The molecule has 212 valence electrons. The predicted molar refractivity (Wildman–Crippen MR) is 165 cm³/mol. The number of aliphatic imine (C=N–C) groups is 1. The van der Waals surface area contributed by atoms with Crippen LogP contribution < -0.4 is 4.74 Å². The molecule has 7 heteroatoms. The first-order chi connectivity index (χ1) is 19.3. The number of carbonyl (C=O) groups is 2. The number of hydrogen-bond acceptors (Lipinski definition) is 5. The zero-order valence-corrected chi connectivity index (χ0v) is 24.7. The number of aliphatic carboxylic acids is 1. The van der Waals surface area contributed by atoms with Crippen molar-refractivity contribution in [3.63, 3.8) is 0 Å². The minimum absolute atomic E-state index is 0.104. The molecule has 3 aromatic carbocycles. The zero-order chi connectivity index (χ0) is 28.9. The molecular weight excluding hydrogens is 520 g/mol. The Kier molecular flexibility index (Phi) is 12.3. The Morgan fingerprint density at radius 2 is 1.73 bits per heavy atom. The van der Waals surface area contributed by atoms with Crippen LogP contribution >= 0.6 is 11.8 Å². The molecule has 6 nitrogen and oxygen atoms in total. The van der Waals surface area contributed by atoms with E-state index < -0.39 is 12.0 Å². The van der Waals surface area contributed by atoms with Gasteiger partial charge in [-0.15, -0.1) is 0 Å². The molecule has 0 saturated heterocycles. The summed E-state index contributed by atoms with van der Waals surface area (Å²) in [5.41, 5.74) is 3.53. The van der Waals surface area contributed by atoms with Gasteiger partial charge in [-0.25, -0.2) is 9.79 Å². The Balaban J connectivity index is 1.91. The van der Waals surface area contributed by atoms with Crippen LogP contribution in [-0.2, 0) is 11.3 Å². The van der Waals surface area contributed by atoms with Crippen LogP contribution in [-0.4, -0.2) is 45.3 Å². The highest BCUT2D eigenvalue weighted by atomic mass is 32.2. The summed E-state index contributed by atoms with van der Waals surface area (Å²) in [5.74, 6) is 0.819. The number of thioether (sulfide) groups is 1. The van der Waals surface area contributed by atoms with Gasteiger partial charge in [0.15, 0.2) is 11.0 Å². The van der Waals surface area contributed by atoms with E-state index in [1.54, 1.807) is 0 Å². The standard InChI is InChI=1S/C33H40N2O4S/c1-5-39-29-18-16-26(17-19-29)23-35(30(32(37)38)21-24(2)3)33(34-28-14-9-11-25(4)22-28)40-20-10-15-31(36)27-12-7-6-8-13-27/h6-9,11-14,16-19,22,24,30H,5,10,15,20-21,23H2,1-4H3,(H,37,38)/b34-33+. The van der Waals surface area contributed by atoms with Crippen LogP contribution in [0.3, 0.4) is 0 Å². The number of nitrogens with zero attached hydrogens (tertiary/aromatic N) is 2. The number of hydrogen-bond donors (Lipinski definition) is 1. The third kappa shape index (κ3) is 9.87. The van der Waals surface area contributed by atoms with E-state index in [1.165, 1.54) is 11.8 Å². The van der Waals surface area contributed by atoms with Gasteiger partial charge < -0.3 is 14.7 Å². The lowest BCUT2D eigenvalue weighted by Gasteiger charge is -2.32. The summed E-state index contributed by atoms with van der Waals surface area (Å²) < 4.78 is 5.60. The predicted octanol–water partition coefficient (Wildman–Crippen LogP) is 7.78. The summed E-state index contributed by atoms with van der Waals surface area (Å²) in [6.07, 6.45) is 1.55. The third-order valence-electron chi connectivity index (χ3n) is 6.29. The fraction of sp³-hybridized carbons (Fsp3) is 0.364. The molecule has 0 aliphatic heterocycles. The van der Waals surface area contributed by atoms with Crippen molar-refractivity contribution >= 4 is 34.4 Å². The second kappa shape index (κ2) is 15.9. The maximum absolute atomic E-state index is 12.6. The van der Waals surface area contributed by atoms with Gasteiger partial charge in [0.1, 0.15) is 11.8 Å². The van der Waals surface area contributed by atoms with Gasteiger partial charge in [0.2, 0.25) is 0 Å². The fourth-order valence-corrected chi connectivity index (χ4v) is 5.32. The summed E-state index contributed by atoms with van der Waals surface area (Å²) >= 11 is 1.51. The van der Waals surface area contributed by atoms with Gasteiger partial charge in [0, 0.05) is 24.3 Å². The molecule has 1 atom stereocenters. The van der Waals surface area contributed by atoms with Crippen LogP contribution in [0.4, 0.5) is 5.69 Å². The number of carboxylic acid groups (broad SMARTS) is 1. The summed E-state index contributed by atoms with van der Waals surface area (Å²) in [6, 6.07) is 24.2. The number of carbonyl (C=O) groups excluding carboxylic acids is 1. The maximum atomic E-state index is 12.6. The maximum Gasteiger partial charge on any atom is 0.326 e. The van der Waals surface area contributed by atoms with Crippen molar-refractivity contribution in [2.24, 2.45) is 10.9 Å². The Morgan fingerprint density at radius 1 is 1.00 bits per heavy atom. The van der Waals surface area contributed by atoms with Crippen molar-refractivity contribution in [3.8, 4) is 5.75 Å². The summed E-state index contributed by atoms with van der Waals surface area (Å²) in [4.78, 5) is 32.2. The van der Waals surface area contributed by atoms with Crippen molar-refractivity contribution in [1.82, 2.24) is 4.90 Å². The lowest BCUT2D eigenvalue weighted by molar-refractivity contribution is -0.142. The molecule has 3 aromatic rings. The van der Waals surface area contributed by atoms with Crippen LogP contribution in [0.2, 0.25) is 0 Å². The molecular formula is C33H40N2O4S. The van der Waals surface area contributed by atoms with Crippen LogP contribution in [0.15, 0.2) is 83.9 Å². The number of rotatable bonds is 14. The van der Waals surface area contributed by atoms with Crippen molar-refractivity contribution in [2.45, 2.75) is 59.5 Å². The largest absolute Gasteiger partial charge is 0.494 e. The van der Waals surface area contributed by atoms with Crippen molar-refractivity contribution < 1.29 is 19.4 Å². The summed E-state index contributed by atoms with van der Waals surface area (Å²) in [6.45, 7) is 8.99. The molecule has 1 N–H and O–H groups in total. The fourth-order valence-electron chi connectivity index (χ4n) is 4.33. The molecule has 0 saturated carbocycles. The van der Waals surface area contributed by atoms with Gasteiger partial charge in [-0.05, 0) is 68.0 Å². The van der Waals surface area contributed by atoms with Gasteiger partial charge in [-0.3, -0.25) is 4.79 Å². The SMILES string of the molecule is CCOc1ccc(CN(/C(=N\c2cccc(C)c2)SCCCC(=O)c2ccccc2)C(CC(C)C)C(=O)O)cc1. The summed E-state index contributed by atoms with van der Waals surface area (Å²) in [5, 5.41) is 11.0. The molecule has 0 radical (unpaired) electrons. The summed E-state index contributed by atoms with van der Waals surface area (Å²) in [7, 11) is 0. The Labute approximate surface area is 242 Å². The molecule has 0 aromatic heterocycles. The first kappa shape index (κ1) is 31.0. The molecule has 0 bridgehead atoms. The molecule has 0 heterocycles. The third-order valence-corrected chi connectivity index (χ3v) is 7.37. The lowest BCUT2D eigenvalue weighted by Crippen LogP contribution is -2.44. The highest BCUT2D eigenvalue weighted by Crippen LogP contribution is 2.26. The topological polar surface area (TPSA) is 79.2 Å². The second-order valence-electron chi connectivity index (χ2n) is 10.2. The number of carboxylic acids is 1. The Morgan fingerprint density at radius 3 is 2.35 bits per heavy atom. The molecule has 0 aliphatic carbocycles. The zero-order valence-electron chi connectivity index (χ0n) is 23.9. The van der Waals surface area contributed by atoms with Crippen molar-refractivity contribution in [2.75, 3.05) is 12.4 Å². The van der Waals surface area contributed by atoms with E-state index in [0.717, 1.165) is 22.6 Å². The van der Waals surface area contributed by atoms with Crippen LogP contribution in [0.5, 0.6) is 5.75 Å². The average molecular weight is 561 g/mol. The smallest absolute Gasteiger partial charge is 0.326 e. The Hall–Kier alpha value is -3.58. The van der Waals surface area contributed by atoms with Gasteiger partial charge >= 0.3 is 5.97 Å². The highest BCUT2D eigenvalue weighted by molar-refractivity contribution is 8.13. The molecule has 0 spiro atoms. The first-order valence-electron chi connectivity index (χ1n) is 13.8. The minimum Gasteiger partial charge on any atom is -0.494 e. The average Bonchev–Trinajstić information content (AvgIpc) is 2.93. The van der Waals surface area contributed by atoms with Gasteiger partial charge in [-0.2, -0.15) is 0 Å². The van der Waals surface area contributed by atoms with Crippen LogP contribution in [0, 0.1) is 12.8 Å². The monoisotopic (exact) mass is 560 g/mol. The quantitative estimate of drug-likeness (QED) is 0.0939. The van der Waals surface area contributed by atoms with Crippen molar-refractivity contribution in [3.05, 3.63) is 95.6 Å². The molecule has 0 amide bonds. The lowest BCUT2D eigenvalue weighted by atomic mass is 10.0. The van der Waals surface area contributed by atoms with E-state index in [0.29, 0.717) is 48.9 Å². The van der Waals surface area contributed by atoms with E-state index in [4.69, 9.17) is 9.73 Å². The van der Waals surface area contributed by atoms with Crippen LogP contribution in [0.25, 0.3) is 0 Å². The number of ether oxygens (including phenoxy) is 1. The molecule has 3 rings (SSSR count). The Bertz CT molecular complexity index is 1260. The van der Waals surface area contributed by atoms with E-state index in [-0.39, 0.29) is 11.7 Å². The van der Waals surface area contributed by atoms with E-state index in [2.05, 4.69) is 0 Å². The van der Waals surface area contributed by atoms with Gasteiger partial charge in [-0.1, -0.05) is 80.2 Å². The number of benzene rings is 3.